The summed E-state index contributed by atoms with van der Waals surface area (Å²) >= 11 is 1.74. The lowest BCUT2D eigenvalue weighted by molar-refractivity contribution is 0.160. The number of thioether (sulfide) groups is 1. The van der Waals surface area contributed by atoms with Crippen LogP contribution in [0.4, 0.5) is 4.79 Å². The highest BCUT2D eigenvalue weighted by Crippen LogP contribution is 2.21. The standard InChI is InChI=1S/C15H24N2O2S/c1-3-13(18)9-10-16-15(19)17-11-12(2)20-14-7-5-4-6-8-14/h4-8,12-13,18H,3,9-11H2,1-2H3,(H2,16,17,19). The van der Waals surface area contributed by atoms with Gasteiger partial charge in [0.2, 0.25) is 0 Å². The van der Waals surface area contributed by atoms with Crippen molar-refractivity contribution in [3.63, 3.8) is 0 Å². The fourth-order valence-electron chi connectivity index (χ4n) is 1.63. The summed E-state index contributed by atoms with van der Waals surface area (Å²) in [6, 6.07) is 9.96. The molecule has 2 atom stereocenters. The average Bonchev–Trinajstić information content (AvgIpc) is 2.46. The third-order valence-electron chi connectivity index (χ3n) is 2.86. The number of nitrogens with one attached hydrogen (secondary N) is 2. The Labute approximate surface area is 125 Å². The number of benzene rings is 1. The van der Waals surface area contributed by atoms with Gasteiger partial charge in [0, 0.05) is 23.2 Å². The number of carbonyl (C=O) groups is 1. The molecule has 0 radical (unpaired) electrons. The average molecular weight is 296 g/mol. The number of hydrogen-bond donors (Lipinski definition) is 3. The van der Waals surface area contributed by atoms with E-state index in [1.807, 2.05) is 25.1 Å². The molecule has 0 aliphatic carbocycles. The minimum Gasteiger partial charge on any atom is -0.393 e. The minimum atomic E-state index is -0.331. The van der Waals surface area contributed by atoms with E-state index in [0.29, 0.717) is 31.2 Å². The second-order valence-electron chi connectivity index (χ2n) is 4.73. The number of rotatable bonds is 8. The quantitative estimate of drug-likeness (QED) is 0.646. The summed E-state index contributed by atoms with van der Waals surface area (Å²) in [6.45, 7) is 5.12. The molecule has 2 unspecified atom stereocenters. The van der Waals surface area contributed by atoms with Crippen LogP contribution in [0.25, 0.3) is 0 Å². The molecule has 0 aliphatic rings. The monoisotopic (exact) mass is 296 g/mol. The van der Waals surface area contributed by atoms with E-state index in [1.165, 1.54) is 4.90 Å². The first kappa shape index (κ1) is 16.9. The first-order chi connectivity index (χ1) is 9.61. The Morgan fingerprint density at radius 1 is 1.30 bits per heavy atom. The van der Waals surface area contributed by atoms with Crippen molar-refractivity contribution in [3.8, 4) is 0 Å². The Kier molecular flexibility index (Phi) is 8.14. The molecule has 0 heterocycles. The van der Waals surface area contributed by atoms with Crippen molar-refractivity contribution in [2.75, 3.05) is 13.1 Å². The van der Waals surface area contributed by atoms with Crippen molar-refractivity contribution < 1.29 is 9.90 Å². The van der Waals surface area contributed by atoms with Gasteiger partial charge in [-0.15, -0.1) is 11.8 Å². The van der Waals surface area contributed by atoms with Gasteiger partial charge in [0.1, 0.15) is 0 Å². The van der Waals surface area contributed by atoms with Gasteiger partial charge in [-0.05, 0) is 25.0 Å². The number of amides is 2. The third-order valence-corrected chi connectivity index (χ3v) is 3.98. The lowest BCUT2D eigenvalue weighted by atomic mass is 10.2. The van der Waals surface area contributed by atoms with Crippen molar-refractivity contribution in [3.05, 3.63) is 30.3 Å². The Morgan fingerprint density at radius 3 is 2.65 bits per heavy atom. The lowest BCUT2D eigenvalue weighted by Gasteiger charge is -2.13. The van der Waals surface area contributed by atoms with Crippen LogP contribution in [0.3, 0.4) is 0 Å². The summed E-state index contributed by atoms with van der Waals surface area (Å²) in [6.07, 6.45) is 0.981. The molecule has 5 heteroatoms. The maximum Gasteiger partial charge on any atom is 0.314 e. The topological polar surface area (TPSA) is 61.4 Å². The van der Waals surface area contributed by atoms with Crippen LogP contribution >= 0.6 is 11.8 Å². The fourth-order valence-corrected chi connectivity index (χ4v) is 2.57. The molecule has 112 valence electrons. The zero-order chi connectivity index (χ0) is 14.8. The van der Waals surface area contributed by atoms with Gasteiger partial charge in [0.25, 0.3) is 0 Å². The molecule has 20 heavy (non-hydrogen) atoms. The Balaban J connectivity index is 2.14. The minimum absolute atomic E-state index is 0.172. The van der Waals surface area contributed by atoms with Crippen LogP contribution in [0.15, 0.2) is 35.2 Å². The van der Waals surface area contributed by atoms with Crippen LogP contribution in [0.1, 0.15) is 26.7 Å². The number of carbonyl (C=O) groups excluding carboxylic acids is 1. The van der Waals surface area contributed by atoms with Crippen LogP contribution in [-0.4, -0.2) is 35.6 Å². The van der Waals surface area contributed by atoms with Gasteiger partial charge in [-0.1, -0.05) is 32.0 Å². The second-order valence-corrected chi connectivity index (χ2v) is 6.24. The Hall–Kier alpha value is -1.20. The molecule has 1 rings (SSSR count). The zero-order valence-corrected chi connectivity index (χ0v) is 13.0. The predicted octanol–water partition coefficient (Wildman–Crippen LogP) is 2.63. The number of aliphatic hydroxyl groups is 1. The molecule has 0 saturated heterocycles. The van der Waals surface area contributed by atoms with E-state index in [4.69, 9.17) is 0 Å². The van der Waals surface area contributed by atoms with Gasteiger partial charge < -0.3 is 15.7 Å². The Morgan fingerprint density at radius 2 is 2.00 bits per heavy atom. The van der Waals surface area contributed by atoms with E-state index in [0.717, 1.165) is 0 Å². The van der Waals surface area contributed by atoms with E-state index in [1.54, 1.807) is 11.8 Å². The highest BCUT2D eigenvalue weighted by molar-refractivity contribution is 8.00. The number of hydrogen-bond acceptors (Lipinski definition) is 3. The van der Waals surface area contributed by atoms with Gasteiger partial charge in [0.15, 0.2) is 0 Å². The Bertz CT molecular complexity index is 387. The summed E-state index contributed by atoms with van der Waals surface area (Å²) in [5.41, 5.74) is 0. The van der Waals surface area contributed by atoms with Crippen molar-refractivity contribution in [1.82, 2.24) is 10.6 Å². The SMILES string of the molecule is CCC(O)CCNC(=O)NCC(C)Sc1ccccc1. The van der Waals surface area contributed by atoms with Gasteiger partial charge in [0.05, 0.1) is 6.10 Å². The summed E-state index contributed by atoms with van der Waals surface area (Å²) in [5, 5.41) is 15.3. The molecular weight excluding hydrogens is 272 g/mol. The van der Waals surface area contributed by atoms with E-state index < -0.39 is 0 Å². The third kappa shape index (κ3) is 7.40. The molecular formula is C15H24N2O2S. The fraction of sp³-hybridized carbons (Fsp3) is 0.533. The highest BCUT2D eigenvalue weighted by Gasteiger charge is 2.07. The predicted molar refractivity (Wildman–Crippen MR) is 84.1 cm³/mol. The van der Waals surface area contributed by atoms with Crippen LogP contribution in [0.5, 0.6) is 0 Å². The second kappa shape index (κ2) is 9.66. The molecule has 0 aliphatic heterocycles. The smallest absolute Gasteiger partial charge is 0.314 e. The molecule has 3 N–H and O–H groups in total. The molecule has 0 saturated carbocycles. The highest BCUT2D eigenvalue weighted by atomic mass is 32.2. The summed E-state index contributed by atoms with van der Waals surface area (Å²) in [7, 11) is 0. The summed E-state index contributed by atoms with van der Waals surface area (Å²) in [5.74, 6) is 0. The van der Waals surface area contributed by atoms with Gasteiger partial charge in [-0.2, -0.15) is 0 Å². The molecule has 2 amide bonds. The molecule has 0 bridgehead atoms. The summed E-state index contributed by atoms with van der Waals surface area (Å²) < 4.78 is 0. The van der Waals surface area contributed by atoms with Crippen molar-refractivity contribution in [2.45, 2.75) is 42.9 Å². The van der Waals surface area contributed by atoms with E-state index in [2.05, 4.69) is 29.7 Å². The van der Waals surface area contributed by atoms with Gasteiger partial charge in [-0.25, -0.2) is 4.79 Å². The maximum atomic E-state index is 11.6. The molecule has 0 fully saturated rings. The van der Waals surface area contributed by atoms with E-state index >= 15 is 0 Å². The summed E-state index contributed by atoms with van der Waals surface area (Å²) in [4.78, 5) is 12.8. The number of aliphatic hydroxyl groups excluding tert-OH is 1. The lowest BCUT2D eigenvalue weighted by Crippen LogP contribution is -2.39. The first-order valence-corrected chi connectivity index (χ1v) is 7.91. The van der Waals surface area contributed by atoms with Crippen LogP contribution in [0.2, 0.25) is 0 Å². The van der Waals surface area contributed by atoms with E-state index in [-0.39, 0.29) is 12.1 Å². The maximum absolute atomic E-state index is 11.6. The van der Waals surface area contributed by atoms with Gasteiger partial charge in [-0.3, -0.25) is 0 Å². The van der Waals surface area contributed by atoms with Crippen LogP contribution < -0.4 is 10.6 Å². The molecule has 0 spiro atoms. The van der Waals surface area contributed by atoms with Crippen molar-refractivity contribution >= 4 is 17.8 Å². The largest absolute Gasteiger partial charge is 0.393 e. The molecule has 4 nitrogen and oxygen atoms in total. The zero-order valence-electron chi connectivity index (χ0n) is 12.1. The van der Waals surface area contributed by atoms with Crippen molar-refractivity contribution in [1.29, 1.82) is 0 Å². The molecule has 1 aromatic carbocycles. The van der Waals surface area contributed by atoms with Crippen molar-refractivity contribution in [2.24, 2.45) is 0 Å². The molecule has 1 aromatic rings. The van der Waals surface area contributed by atoms with Gasteiger partial charge >= 0.3 is 6.03 Å². The first-order valence-electron chi connectivity index (χ1n) is 7.03. The van der Waals surface area contributed by atoms with Crippen LogP contribution in [-0.2, 0) is 0 Å². The van der Waals surface area contributed by atoms with E-state index in [9.17, 15) is 9.90 Å². The molecule has 0 aromatic heterocycles. The normalized spacial score (nSPS) is 13.6. The van der Waals surface area contributed by atoms with Crippen LogP contribution in [0, 0.1) is 0 Å². The number of urea groups is 1.